The number of methoxy groups -OCH3 is 1. The summed E-state index contributed by atoms with van der Waals surface area (Å²) < 4.78 is 7.21. The molecule has 0 unspecified atom stereocenters. The van der Waals surface area contributed by atoms with Gasteiger partial charge in [0, 0.05) is 35.7 Å². The number of nitrogens with one attached hydrogen (secondary N) is 1. The van der Waals surface area contributed by atoms with Crippen LogP contribution in [0.1, 0.15) is 13.8 Å². The highest BCUT2D eigenvalue weighted by Crippen LogP contribution is 2.27. The third-order valence-corrected chi connectivity index (χ3v) is 6.49. The van der Waals surface area contributed by atoms with Gasteiger partial charge in [-0.25, -0.2) is 0 Å². The molecule has 8 heteroatoms. The lowest BCUT2D eigenvalue weighted by Gasteiger charge is -2.27. The zero-order valence-electron chi connectivity index (χ0n) is 20.3. The fourth-order valence-corrected chi connectivity index (χ4v) is 4.54. The predicted octanol–water partition coefficient (Wildman–Crippen LogP) is 5.77. The number of rotatable bonds is 9. The zero-order chi connectivity index (χ0) is 24.8. The summed E-state index contributed by atoms with van der Waals surface area (Å²) in [6, 6.07) is 25.6. The Morgan fingerprint density at radius 2 is 1.71 bits per heavy atom. The van der Waals surface area contributed by atoms with E-state index in [9.17, 15) is 4.79 Å². The monoisotopic (exact) mass is 487 g/mol. The van der Waals surface area contributed by atoms with Crippen molar-refractivity contribution in [3.05, 3.63) is 78.9 Å². The molecule has 0 aliphatic heterocycles. The minimum atomic E-state index is 0.0136. The van der Waals surface area contributed by atoms with E-state index in [4.69, 9.17) is 4.74 Å². The fourth-order valence-electron chi connectivity index (χ4n) is 3.77. The minimum absolute atomic E-state index is 0.0136. The Bertz CT molecular complexity index is 1270. The molecule has 1 N–H and O–H groups in total. The van der Waals surface area contributed by atoms with E-state index in [1.54, 1.807) is 7.11 Å². The average molecular weight is 488 g/mol. The SMILES string of the molecule is COc1cccc(-c2nnc(SCC(=O)N(c3ccc(Nc4ccccc4)cc3)C(C)C)n2C)c1. The van der Waals surface area contributed by atoms with Crippen molar-refractivity contribution in [2.24, 2.45) is 7.05 Å². The van der Waals surface area contributed by atoms with Crippen LogP contribution in [0.2, 0.25) is 0 Å². The first-order valence-corrected chi connectivity index (χ1v) is 12.4. The molecule has 35 heavy (non-hydrogen) atoms. The van der Waals surface area contributed by atoms with Crippen molar-refractivity contribution in [3.63, 3.8) is 0 Å². The van der Waals surface area contributed by atoms with Crippen molar-refractivity contribution in [2.45, 2.75) is 25.0 Å². The number of nitrogens with zero attached hydrogens (tertiary/aromatic N) is 4. The van der Waals surface area contributed by atoms with Gasteiger partial charge in [0.2, 0.25) is 5.91 Å². The van der Waals surface area contributed by atoms with Crippen LogP contribution in [0.5, 0.6) is 5.75 Å². The molecule has 0 atom stereocenters. The maximum absolute atomic E-state index is 13.2. The quantitative estimate of drug-likeness (QED) is 0.302. The summed E-state index contributed by atoms with van der Waals surface area (Å²) in [6.07, 6.45) is 0. The summed E-state index contributed by atoms with van der Waals surface area (Å²) >= 11 is 1.38. The summed E-state index contributed by atoms with van der Waals surface area (Å²) in [6.45, 7) is 4.03. The van der Waals surface area contributed by atoms with Gasteiger partial charge in [-0.1, -0.05) is 42.1 Å². The number of hydrogen-bond donors (Lipinski definition) is 1. The van der Waals surface area contributed by atoms with E-state index in [0.29, 0.717) is 5.16 Å². The summed E-state index contributed by atoms with van der Waals surface area (Å²) in [5.74, 6) is 1.75. The van der Waals surface area contributed by atoms with Crippen molar-refractivity contribution in [2.75, 3.05) is 23.1 Å². The van der Waals surface area contributed by atoms with E-state index >= 15 is 0 Å². The Morgan fingerprint density at radius 3 is 2.40 bits per heavy atom. The molecular weight excluding hydrogens is 458 g/mol. The first-order chi connectivity index (χ1) is 17.0. The first kappa shape index (κ1) is 24.3. The molecule has 180 valence electrons. The standard InChI is InChI=1S/C27H29N5O2S/c1-19(2)32(23-15-13-22(14-16-23)28-21-10-6-5-7-11-21)25(33)18-35-27-30-29-26(31(27)3)20-9-8-12-24(17-20)34-4/h5-17,19,28H,18H2,1-4H3. The van der Waals surface area contributed by atoms with Crippen molar-refractivity contribution in [1.82, 2.24) is 14.8 Å². The number of para-hydroxylation sites is 1. The number of anilines is 3. The van der Waals surface area contributed by atoms with Gasteiger partial charge in [0.05, 0.1) is 12.9 Å². The molecule has 3 aromatic carbocycles. The number of hydrogen-bond acceptors (Lipinski definition) is 6. The Hall–Kier alpha value is -3.78. The Labute approximate surface area is 210 Å². The van der Waals surface area contributed by atoms with Crippen LogP contribution >= 0.6 is 11.8 Å². The van der Waals surface area contributed by atoms with Crippen LogP contribution in [0.15, 0.2) is 84.0 Å². The van der Waals surface area contributed by atoms with Gasteiger partial charge in [-0.05, 0) is 62.4 Å². The van der Waals surface area contributed by atoms with Crippen molar-refractivity contribution in [1.29, 1.82) is 0 Å². The van der Waals surface area contributed by atoms with Crippen LogP contribution < -0.4 is 15.0 Å². The van der Waals surface area contributed by atoms with Crippen LogP contribution in [0.3, 0.4) is 0 Å². The maximum atomic E-state index is 13.2. The number of carbonyl (C=O) groups is 1. The van der Waals surface area contributed by atoms with Crippen LogP contribution in [0.4, 0.5) is 17.1 Å². The normalized spacial score (nSPS) is 10.9. The highest BCUT2D eigenvalue weighted by atomic mass is 32.2. The van der Waals surface area contributed by atoms with Crippen LogP contribution in [0.25, 0.3) is 11.4 Å². The van der Waals surface area contributed by atoms with E-state index in [1.807, 2.05) is 109 Å². The second-order valence-corrected chi connectivity index (χ2v) is 9.22. The van der Waals surface area contributed by atoms with E-state index < -0.39 is 0 Å². The highest BCUT2D eigenvalue weighted by molar-refractivity contribution is 7.99. The fraction of sp³-hybridized carbons (Fsp3) is 0.222. The molecular formula is C27H29N5O2S. The van der Waals surface area contributed by atoms with Gasteiger partial charge in [-0.15, -0.1) is 10.2 Å². The smallest absolute Gasteiger partial charge is 0.237 e. The second kappa shape index (κ2) is 11.1. The Balaban J connectivity index is 1.44. The average Bonchev–Trinajstić information content (AvgIpc) is 3.24. The molecule has 0 saturated heterocycles. The topological polar surface area (TPSA) is 72.3 Å². The van der Waals surface area contributed by atoms with E-state index in [-0.39, 0.29) is 17.7 Å². The van der Waals surface area contributed by atoms with E-state index in [2.05, 4.69) is 15.5 Å². The third kappa shape index (κ3) is 5.84. The molecule has 0 spiro atoms. The number of carbonyl (C=O) groups excluding carboxylic acids is 1. The lowest BCUT2D eigenvalue weighted by Crippen LogP contribution is -2.38. The molecule has 0 aliphatic rings. The molecule has 4 rings (SSSR count). The van der Waals surface area contributed by atoms with Crippen LogP contribution in [-0.2, 0) is 11.8 Å². The number of ether oxygens (including phenoxy) is 1. The summed E-state index contributed by atoms with van der Waals surface area (Å²) in [7, 11) is 3.54. The molecule has 1 amide bonds. The lowest BCUT2D eigenvalue weighted by atomic mass is 10.2. The number of thioether (sulfide) groups is 1. The molecule has 1 heterocycles. The van der Waals surface area contributed by atoms with Crippen LogP contribution in [-0.4, -0.2) is 39.6 Å². The van der Waals surface area contributed by atoms with Gasteiger partial charge in [0.25, 0.3) is 0 Å². The summed E-state index contributed by atoms with van der Waals surface area (Å²) in [5.41, 5.74) is 3.75. The molecule has 4 aromatic rings. The molecule has 7 nitrogen and oxygen atoms in total. The second-order valence-electron chi connectivity index (χ2n) is 8.28. The van der Waals surface area contributed by atoms with Crippen molar-refractivity contribution < 1.29 is 9.53 Å². The van der Waals surface area contributed by atoms with Gasteiger partial charge in [-0.2, -0.15) is 0 Å². The third-order valence-electron chi connectivity index (χ3n) is 5.48. The molecule has 0 saturated carbocycles. The summed E-state index contributed by atoms with van der Waals surface area (Å²) in [5, 5.41) is 12.7. The van der Waals surface area contributed by atoms with Crippen LogP contribution in [0, 0.1) is 0 Å². The number of aromatic nitrogens is 3. The highest BCUT2D eigenvalue weighted by Gasteiger charge is 2.21. The molecule has 0 bridgehead atoms. The predicted molar refractivity (Wildman–Crippen MR) is 143 cm³/mol. The zero-order valence-corrected chi connectivity index (χ0v) is 21.1. The molecule has 0 fully saturated rings. The Kier molecular flexibility index (Phi) is 7.72. The van der Waals surface area contributed by atoms with Gasteiger partial charge >= 0.3 is 0 Å². The van der Waals surface area contributed by atoms with Crippen molar-refractivity contribution in [3.8, 4) is 17.1 Å². The maximum Gasteiger partial charge on any atom is 0.237 e. The Morgan fingerprint density at radius 1 is 1.00 bits per heavy atom. The van der Waals surface area contributed by atoms with E-state index in [1.165, 1.54) is 11.8 Å². The largest absolute Gasteiger partial charge is 0.497 e. The van der Waals surface area contributed by atoms with Gasteiger partial charge in [-0.3, -0.25) is 4.79 Å². The lowest BCUT2D eigenvalue weighted by molar-refractivity contribution is -0.116. The first-order valence-electron chi connectivity index (χ1n) is 11.4. The minimum Gasteiger partial charge on any atom is -0.497 e. The van der Waals surface area contributed by atoms with Gasteiger partial charge in [0.1, 0.15) is 5.75 Å². The summed E-state index contributed by atoms with van der Waals surface area (Å²) in [4.78, 5) is 15.0. The van der Waals surface area contributed by atoms with Gasteiger partial charge in [0.15, 0.2) is 11.0 Å². The molecule has 0 radical (unpaired) electrons. The molecule has 0 aliphatic carbocycles. The number of benzene rings is 3. The van der Waals surface area contributed by atoms with E-state index in [0.717, 1.165) is 34.2 Å². The van der Waals surface area contributed by atoms with Gasteiger partial charge < -0.3 is 19.5 Å². The number of amides is 1. The van der Waals surface area contributed by atoms with Crippen molar-refractivity contribution >= 4 is 34.7 Å². The molecule has 1 aromatic heterocycles.